The lowest BCUT2D eigenvalue weighted by atomic mass is 10.0. The Morgan fingerprint density at radius 3 is 2.22 bits per heavy atom. The molecule has 0 unspecified atom stereocenters. The lowest BCUT2D eigenvalue weighted by molar-refractivity contribution is 0.938. The van der Waals surface area contributed by atoms with Crippen LogP contribution in [-0.2, 0) is 6.42 Å². The Balaban J connectivity index is 2.02. The van der Waals surface area contributed by atoms with Crippen molar-refractivity contribution in [3.8, 4) is 11.8 Å². The fourth-order valence-corrected chi connectivity index (χ4v) is 1.77. The van der Waals surface area contributed by atoms with Crippen LogP contribution in [0.3, 0.4) is 0 Å². The minimum Gasteiger partial charge on any atom is -0.309 e. The molecule has 90 valence electrons. The van der Waals surface area contributed by atoms with E-state index in [1.165, 1.54) is 11.1 Å². The minimum atomic E-state index is 0.728. The predicted octanol–water partition coefficient (Wildman–Crippen LogP) is 2.85. The number of benzene rings is 2. The highest BCUT2D eigenvalue weighted by molar-refractivity contribution is 5.37. The molecule has 0 saturated carbocycles. The van der Waals surface area contributed by atoms with Crippen LogP contribution in [0.2, 0.25) is 0 Å². The van der Waals surface area contributed by atoms with Crippen molar-refractivity contribution in [2.45, 2.75) is 6.42 Å². The van der Waals surface area contributed by atoms with Crippen molar-refractivity contribution in [1.82, 2.24) is 5.32 Å². The minimum absolute atomic E-state index is 0.728. The third kappa shape index (κ3) is 3.76. The van der Waals surface area contributed by atoms with Gasteiger partial charge in [0.05, 0.1) is 6.54 Å². The lowest BCUT2D eigenvalue weighted by Gasteiger charge is -2.01. The lowest BCUT2D eigenvalue weighted by Crippen LogP contribution is -2.04. The third-order valence-corrected chi connectivity index (χ3v) is 2.70. The van der Waals surface area contributed by atoms with E-state index >= 15 is 0 Å². The molecule has 0 aliphatic rings. The zero-order chi connectivity index (χ0) is 12.6. The van der Waals surface area contributed by atoms with Crippen LogP contribution in [0.4, 0.5) is 0 Å². The first-order valence-corrected chi connectivity index (χ1v) is 6.15. The molecule has 0 atom stereocenters. The van der Waals surface area contributed by atoms with Gasteiger partial charge in [0.25, 0.3) is 0 Å². The van der Waals surface area contributed by atoms with Crippen LogP contribution < -0.4 is 5.32 Å². The summed E-state index contributed by atoms with van der Waals surface area (Å²) in [5.74, 6) is 6.18. The van der Waals surface area contributed by atoms with E-state index in [2.05, 4.69) is 65.7 Å². The molecular formula is C17H17N. The topological polar surface area (TPSA) is 12.0 Å². The molecule has 0 aromatic heterocycles. The Hall–Kier alpha value is -2.04. The molecular weight excluding hydrogens is 218 g/mol. The Morgan fingerprint density at radius 1 is 0.889 bits per heavy atom. The van der Waals surface area contributed by atoms with Gasteiger partial charge in [0, 0.05) is 5.56 Å². The number of nitrogens with one attached hydrogen (secondary N) is 1. The highest BCUT2D eigenvalue weighted by atomic mass is 14.8. The summed E-state index contributed by atoms with van der Waals surface area (Å²) < 4.78 is 0. The Labute approximate surface area is 109 Å². The molecule has 2 rings (SSSR count). The molecule has 0 bridgehead atoms. The number of rotatable bonds is 3. The Kier molecular flexibility index (Phi) is 4.58. The van der Waals surface area contributed by atoms with Gasteiger partial charge in [-0.05, 0) is 36.7 Å². The standard InChI is InChI=1S/C17H17N/c1-18-13-5-8-15-9-11-17(12-10-15)14-16-6-3-2-4-7-16/h2-4,6-7,9-12,18H,13-14H2,1H3. The van der Waals surface area contributed by atoms with E-state index in [1.54, 1.807) is 0 Å². The van der Waals surface area contributed by atoms with Crippen molar-refractivity contribution in [1.29, 1.82) is 0 Å². The first-order chi connectivity index (χ1) is 8.88. The van der Waals surface area contributed by atoms with E-state index in [-0.39, 0.29) is 0 Å². The van der Waals surface area contributed by atoms with Crippen LogP contribution in [-0.4, -0.2) is 13.6 Å². The summed E-state index contributed by atoms with van der Waals surface area (Å²) >= 11 is 0. The van der Waals surface area contributed by atoms with E-state index in [0.29, 0.717) is 0 Å². The maximum Gasteiger partial charge on any atom is 0.0577 e. The van der Waals surface area contributed by atoms with E-state index < -0.39 is 0 Å². The van der Waals surface area contributed by atoms with Crippen LogP contribution in [0.1, 0.15) is 16.7 Å². The summed E-state index contributed by atoms with van der Waals surface area (Å²) in [7, 11) is 1.90. The van der Waals surface area contributed by atoms with Gasteiger partial charge >= 0.3 is 0 Å². The maximum absolute atomic E-state index is 3.12. The zero-order valence-electron chi connectivity index (χ0n) is 10.6. The van der Waals surface area contributed by atoms with Gasteiger partial charge in [-0.1, -0.05) is 54.3 Å². The van der Waals surface area contributed by atoms with Crippen LogP contribution in [0.5, 0.6) is 0 Å². The largest absolute Gasteiger partial charge is 0.309 e. The summed E-state index contributed by atoms with van der Waals surface area (Å²) in [6, 6.07) is 19.0. The molecule has 0 amide bonds. The second kappa shape index (κ2) is 6.64. The molecule has 18 heavy (non-hydrogen) atoms. The van der Waals surface area contributed by atoms with E-state index in [9.17, 15) is 0 Å². The quantitative estimate of drug-likeness (QED) is 0.807. The van der Waals surface area contributed by atoms with E-state index in [0.717, 1.165) is 18.5 Å². The van der Waals surface area contributed by atoms with Gasteiger partial charge in [-0.15, -0.1) is 0 Å². The van der Waals surface area contributed by atoms with Gasteiger partial charge in [-0.25, -0.2) is 0 Å². The molecule has 0 aliphatic heterocycles. The molecule has 2 aromatic carbocycles. The maximum atomic E-state index is 3.12. The zero-order valence-corrected chi connectivity index (χ0v) is 10.6. The molecule has 1 N–H and O–H groups in total. The second-order valence-electron chi connectivity index (χ2n) is 4.19. The van der Waals surface area contributed by atoms with E-state index in [4.69, 9.17) is 0 Å². The smallest absolute Gasteiger partial charge is 0.0577 e. The number of hydrogen-bond donors (Lipinski definition) is 1. The molecule has 0 heterocycles. The van der Waals surface area contributed by atoms with Crippen molar-refractivity contribution in [2.24, 2.45) is 0 Å². The van der Waals surface area contributed by atoms with Crippen LogP contribution >= 0.6 is 0 Å². The van der Waals surface area contributed by atoms with Gasteiger partial charge in [0.2, 0.25) is 0 Å². The van der Waals surface area contributed by atoms with Crippen molar-refractivity contribution in [2.75, 3.05) is 13.6 Å². The third-order valence-electron chi connectivity index (χ3n) is 2.70. The summed E-state index contributed by atoms with van der Waals surface area (Å²) in [5.41, 5.74) is 3.73. The molecule has 2 aromatic rings. The molecule has 0 radical (unpaired) electrons. The van der Waals surface area contributed by atoms with Gasteiger partial charge in [-0.2, -0.15) is 0 Å². The van der Waals surface area contributed by atoms with Gasteiger partial charge in [-0.3, -0.25) is 0 Å². The fraction of sp³-hybridized carbons (Fsp3) is 0.176. The van der Waals surface area contributed by atoms with Gasteiger partial charge in [0.15, 0.2) is 0 Å². The summed E-state index contributed by atoms with van der Waals surface area (Å²) in [5, 5.41) is 3.01. The molecule has 0 fully saturated rings. The Morgan fingerprint density at radius 2 is 1.56 bits per heavy atom. The highest BCUT2D eigenvalue weighted by Gasteiger charge is 1.95. The second-order valence-corrected chi connectivity index (χ2v) is 4.19. The van der Waals surface area contributed by atoms with Crippen LogP contribution in [0.25, 0.3) is 0 Å². The summed E-state index contributed by atoms with van der Waals surface area (Å²) in [6.07, 6.45) is 0.977. The first kappa shape index (κ1) is 12.4. The van der Waals surface area contributed by atoms with Gasteiger partial charge < -0.3 is 5.32 Å². The SMILES string of the molecule is CNCC#Cc1ccc(Cc2ccccc2)cc1. The van der Waals surface area contributed by atoms with Crippen LogP contribution in [0, 0.1) is 11.8 Å². The molecule has 1 heteroatoms. The average molecular weight is 235 g/mol. The molecule has 0 spiro atoms. The average Bonchev–Trinajstić information content (AvgIpc) is 2.42. The van der Waals surface area contributed by atoms with Crippen molar-refractivity contribution in [3.05, 3.63) is 71.3 Å². The van der Waals surface area contributed by atoms with Crippen molar-refractivity contribution < 1.29 is 0 Å². The predicted molar refractivity (Wildman–Crippen MR) is 76.5 cm³/mol. The summed E-state index contributed by atoms with van der Waals surface area (Å²) in [4.78, 5) is 0. The summed E-state index contributed by atoms with van der Waals surface area (Å²) in [6.45, 7) is 0.728. The van der Waals surface area contributed by atoms with Crippen LogP contribution in [0.15, 0.2) is 54.6 Å². The molecule has 0 aliphatic carbocycles. The fourth-order valence-electron chi connectivity index (χ4n) is 1.77. The van der Waals surface area contributed by atoms with Crippen molar-refractivity contribution >= 4 is 0 Å². The Bertz CT molecular complexity index is 529. The van der Waals surface area contributed by atoms with Gasteiger partial charge in [0.1, 0.15) is 0 Å². The number of hydrogen-bond acceptors (Lipinski definition) is 1. The monoisotopic (exact) mass is 235 g/mol. The molecule has 0 saturated heterocycles. The first-order valence-electron chi connectivity index (χ1n) is 6.15. The highest BCUT2D eigenvalue weighted by Crippen LogP contribution is 2.10. The molecule has 1 nitrogen and oxygen atoms in total. The van der Waals surface area contributed by atoms with Crippen molar-refractivity contribution in [3.63, 3.8) is 0 Å². The van der Waals surface area contributed by atoms with E-state index in [1.807, 2.05) is 13.1 Å². The normalized spacial score (nSPS) is 9.61.